The van der Waals surface area contributed by atoms with E-state index < -0.39 is 24.4 Å². The van der Waals surface area contributed by atoms with Gasteiger partial charge in [-0.05, 0) is 43.9 Å². The second-order valence-electron chi connectivity index (χ2n) is 7.36. The summed E-state index contributed by atoms with van der Waals surface area (Å²) in [5.74, 6) is -2.10. The molecule has 146 valence electrons. The van der Waals surface area contributed by atoms with Crippen molar-refractivity contribution in [3.05, 3.63) is 40.1 Å². The second-order valence-corrected chi connectivity index (χ2v) is 7.79. The maximum Gasteiger partial charge on any atom is 0.161 e. The number of fused-ring (bicyclic) bond motifs is 1. The summed E-state index contributed by atoms with van der Waals surface area (Å²) in [6.07, 6.45) is 3.75. The van der Waals surface area contributed by atoms with E-state index in [-0.39, 0.29) is 11.6 Å². The fraction of sp³-hybridized carbons (Fsp3) is 0.429. The van der Waals surface area contributed by atoms with Gasteiger partial charge in [-0.25, -0.2) is 0 Å². The maximum absolute atomic E-state index is 12.9. The van der Waals surface area contributed by atoms with Crippen molar-refractivity contribution in [3.8, 4) is 5.75 Å². The average Bonchev–Trinajstić information content (AvgIpc) is 2.66. The summed E-state index contributed by atoms with van der Waals surface area (Å²) in [7, 11) is 0. The maximum atomic E-state index is 12.9. The zero-order chi connectivity index (χ0) is 19.8. The molecule has 1 aromatic carbocycles. The fourth-order valence-corrected chi connectivity index (χ4v) is 4.65. The minimum atomic E-state index is -1.35. The summed E-state index contributed by atoms with van der Waals surface area (Å²) >= 11 is 6.22. The molecule has 1 fully saturated rings. The third-order valence-corrected chi connectivity index (χ3v) is 5.80. The molecular formula is C21H19ClNO5-. The number of aliphatic carboxylic acids is 1. The van der Waals surface area contributed by atoms with Crippen LogP contribution in [0.3, 0.4) is 0 Å². The standard InChI is InChI=1S/C21H20ClNO5/c22-11-7-8-17(28-10-18(26)27)12(9-11)19-20-13(3-1-5-15(20)24)23-14-4-2-6-16(25)21(14)19/h7-9,19-20H,1-6,10H2,(H,26,27)/p-1. The molecule has 1 saturated carbocycles. The van der Waals surface area contributed by atoms with Crippen molar-refractivity contribution in [2.24, 2.45) is 10.9 Å². The number of hydrogen-bond acceptors (Lipinski definition) is 6. The summed E-state index contributed by atoms with van der Waals surface area (Å²) in [5, 5.41) is 11.3. The fourth-order valence-electron chi connectivity index (χ4n) is 4.47. The van der Waals surface area contributed by atoms with E-state index in [1.165, 1.54) is 0 Å². The minimum Gasteiger partial charge on any atom is -0.546 e. The topological polar surface area (TPSA) is 95.9 Å². The summed E-state index contributed by atoms with van der Waals surface area (Å²) in [6, 6.07) is 4.83. The smallest absolute Gasteiger partial charge is 0.161 e. The number of aliphatic imine (C=N–C) groups is 1. The first-order valence-corrected chi connectivity index (χ1v) is 9.82. The molecular weight excluding hydrogens is 382 g/mol. The number of ketones is 2. The van der Waals surface area contributed by atoms with Gasteiger partial charge < -0.3 is 14.6 Å². The molecule has 0 radical (unpaired) electrons. The first-order chi connectivity index (χ1) is 13.5. The van der Waals surface area contributed by atoms with Crippen LogP contribution in [-0.2, 0) is 14.4 Å². The molecule has 3 aliphatic rings. The molecule has 7 heteroatoms. The molecule has 4 rings (SSSR count). The van der Waals surface area contributed by atoms with Crippen LogP contribution in [0.4, 0.5) is 0 Å². The van der Waals surface area contributed by atoms with Crippen LogP contribution >= 0.6 is 11.6 Å². The predicted octanol–water partition coefficient (Wildman–Crippen LogP) is 2.38. The number of carbonyl (C=O) groups is 3. The average molecular weight is 401 g/mol. The van der Waals surface area contributed by atoms with Crippen LogP contribution < -0.4 is 9.84 Å². The van der Waals surface area contributed by atoms with Crippen LogP contribution in [0, 0.1) is 5.92 Å². The van der Waals surface area contributed by atoms with Gasteiger partial charge in [-0.1, -0.05) is 11.6 Å². The van der Waals surface area contributed by atoms with E-state index in [0.29, 0.717) is 47.6 Å². The van der Waals surface area contributed by atoms with Crippen molar-refractivity contribution in [2.75, 3.05) is 6.61 Å². The Balaban J connectivity index is 1.88. The molecule has 1 aromatic rings. The number of carboxylic acid groups (broad SMARTS) is 1. The molecule has 2 unspecified atom stereocenters. The molecule has 0 amide bonds. The van der Waals surface area contributed by atoms with Crippen molar-refractivity contribution in [1.29, 1.82) is 0 Å². The highest BCUT2D eigenvalue weighted by molar-refractivity contribution is 6.30. The van der Waals surface area contributed by atoms with Gasteiger partial charge in [-0.15, -0.1) is 0 Å². The van der Waals surface area contributed by atoms with Crippen LogP contribution in [0.5, 0.6) is 5.75 Å². The molecule has 2 aliphatic carbocycles. The summed E-state index contributed by atoms with van der Waals surface area (Å²) < 4.78 is 5.43. The normalized spacial score (nSPS) is 24.4. The number of halogens is 1. The Labute approximate surface area is 167 Å². The van der Waals surface area contributed by atoms with Gasteiger partial charge in [0.05, 0.1) is 11.9 Å². The number of Topliss-reactive ketones (excluding diaryl/α,β-unsaturated/α-hetero) is 2. The minimum absolute atomic E-state index is 0.0155. The highest BCUT2D eigenvalue weighted by atomic mass is 35.5. The number of benzene rings is 1. The molecule has 0 N–H and O–H groups in total. The van der Waals surface area contributed by atoms with Crippen molar-refractivity contribution < 1.29 is 24.2 Å². The Hall–Kier alpha value is -2.47. The number of hydrogen-bond donors (Lipinski definition) is 0. The summed E-state index contributed by atoms with van der Waals surface area (Å²) in [5.41, 5.74) is 2.66. The zero-order valence-electron chi connectivity index (χ0n) is 15.2. The Bertz CT molecular complexity index is 933. The van der Waals surface area contributed by atoms with E-state index in [4.69, 9.17) is 21.3 Å². The van der Waals surface area contributed by atoms with Gasteiger partial charge in [0.1, 0.15) is 18.1 Å². The van der Waals surface area contributed by atoms with Crippen molar-refractivity contribution in [2.45, 2.75) is 44.4 Å². The Morgan fingerprint density at radius 2 is 1.93 bits per heavy atom. The number of allylic oxidation sites excluding steroid dienone is 2. The molecule has 28 heavy (non-hydrogen) atoms. The Morgan fingerprint density at radius 3 is 2.71 bits per heavy atom. The molecule has 0 bridgehead atoms. The first-order valence-electron chi connectivity index (χ1n) is 9.44. The molecule has 2 atom stereocenters. The van der Waals surface area contributed by atoms with Crippen LogP contribution in [0.15, 0.2) is 34.5 Å². The van der Waals surface area contributed by atoms with Crippen LogP contribution in [0.25, 0.3) is 0 Å². The number of ether oxygens (including phenoxy) is 1. The Morgan fingerprint density at radius 1 is 1.14 bits per heavy atom. The van der Waals surface area contributed by atoms with Crippen molar-refractivity contribution in [1.82, 2.24) is 0 Å². The van der Waals surface area contributed by atoms with Crippen LogP contribution in [0.2, 0.25) is 5.02 Å². The lowest BCUT2D eigenvalue weighted by Gasteiger charge is -2.38. The number of carboxylic acids is 1. The zero-order valence-corrected chi connectivity index (χ0v) is 16.0. The van der Waals surface area contributed by atoms with E-state index in [9.17, 15) is 19.5 Å². The van der Waals surface area contributed by atoms with Crippen LogP contribution in [0.1, 0.15) is 50.0 Å². The monoisotopic (exact) mass is 400 g/mol. The van der Waals surface area contributed by atoms with E-state index in [2.05, 4.69) is 0 Å². The summed E-state index contributed by atoms with van der Waals surface area (Å²) in [6.45, 7) is -0.624. The van der Waals surface area contributed by atoms with E-state index in [0.717, 1.165) is 24.3 Å². The van der Waals surface area contributed by atoms with E-state index in [1.54, 1.807) is 18.2 Å². The van der Waals surface area contributed by atoms with Gasteiger partial charge in [-0.3, -0.25) is 14.6 Å². The third kappa shape index (κ3) is 3.37. The quantitative estimate of drug-likeness (QED) is 0.773. The summed E-state index contributed by atoms with van der Waals surface area (Å²) in [4.78, 5) is 41.3. The highest BCUT2D eigenvalue weighted by Gasteiger charge is 2.45. The molecule has 0 aromatic heterocycles. The number of nitrogens with zero attached hydrogens (tertiary/aromatic N) is 1. The second kappa shape index (κ2) is 7.51. The Kier molecular flexibility index (Phi) is 5.06. The number of rotatable bonds is 4. The van der Waals surface area contributed by atoms with E-state index in [1.807, 2.05) is 0 Å². The first kappa shape index (κ1) is 18.9. The van der Waals surface area contributed by atoms with Crippen molar-refractivity contribution in [3.63, 3.8) is 0 Å². The van der Waals surface area contributed by atoms with Gasteiger partial charge in [-0.2, -0.15) is 0 Å². The van der Waals surface area contributed by atoms with Crippen molar-refractivity contribution >= 4 is 34.8 Å². The lowest BCUT2D eigenvalue weighted by molar-refractivity contribution is -0.307. The van der Waals surface area contributed by atoms with Gasteiger partial charge in [0.25, 0.3) is 0 Å². The third-order valence-electron chi connectivity index (χ3n) is 5.57. The van der Waals surface area contributed by atoms with Gasteiger partial charge in [0, 0.05) is 46.3 Å². The van der Waals surface area contributed by atoms with Gasteiger partial charge in [0.2, 0.25) is 0 Å². The molecule has 1 heterocycles. The lowest BCUT2D eigenvalue weighted by Crippen LogP contribution is -2.40. The van der Waals surface area contributed by atoms with Gasteiger partial charge >= 0.3 is 0 Å². The molecule has 0 spiro atoms. The van der Waals surface area contributed by atoms with E-state index >= 15 is 0 Å². The predicted molar refractivity (Wildman–Crippen MR) is 100 cm³/mol. The number of carbonyl (C=O) groups excluding carboxylic acids is 3. The molecule has 0 saturated heterocycles. The molecule has 1 aliphatic heterocycles. The largest absolute Gasteiger partial charge is 0.546 e. The van der Waals surface area contributed by atoms with Gasteiger partial charge in [0.15, 0.2) is 5.78 Å². The SMILES string of the molecule is O=C([O-])COc1ccc(Cl)cc1C1C2=C(CCCC2=O)N=C2CCCC(=O)C21. The molecule has 6 nitrogen and oxygen atoms in total. The van der Waals surface area contributed by atoms with Crippen LogP contribution in [-0.4, -0.2) is 29.9 Å². The lowest BCUT2D eigenvalue weighted by atomic mass is 9.67. The highest BCUT2D eigenvalue weighted by Crippen LogP contribution is 2.48.